The van der Waals surface area contributed by atoms with Gasteiger partial charge in [-0.25, -0.2) is 27.3 Å². The third-order valence-electron chi connectivity index (χ3n) is 7.81. The van der Waals surface area contributed by atoms with Gasteiger partial charge in [-0.15, -0.1) is 5.10 Å². The van der Waals surface area contributed by atoms with Gasteiger partial charge in [0.2, 0.25) is 5.91 Å². The number of benzene rings is 1. The summed E-state index contributed by atoms with van der Waals surface area (Å²) in [6.45, 7) is 3.15. The van der Waals surface area contributed by atoms with Crippen LogP contribution in [0.1, 0.15) is 68.7 Å². The second-order valence-corrected chi connectivity index (χ2v) is 11.3. The first-order valence-electron chi connectivity index (χ1n) is 14.2. The Morgan fingerprint density at radius 1 is 1.09 bits per heavy atom. The number of carbonyl (C=O) groups excluding carboxylic acids is 1. The van der Waals surface area contributed by atoms with Crippen molar-refractivity contribution < 1.29 is 22.4 Å². The van der Waals surface area contributed by atoms with Gasteiger partial charge in [-0.05, 0) is 62.2 Å². The number of pyridine rings is 1. The summed E-state index contributed by atoms with van der Waals surface area (Å²) in [5, 5.41) is 14.7. The van der Waals surface area contributed by atoms with E-state index in [1.807, 2.05) is 0 Å². The van der Waals surface area contributed by atoms with Gasteiger partial charge >= 0.3 is 5.63 Å². The Hall–Kier alpha value is -4.78. The summed E-state index contributed by atoms with van der Waals surface area (Å²) in [4.78, 5) is 31.2. The molecule has 0 fully saturated rings. The van der Waals surface area contributed by atoms with E-state index in [0.29, 0.717) is 63.7 Å². The van der Waals surface area contributed by atoms with Crippen molar-refractivity contribution in [2.24, 2.45) is 5.92 Å². The Morgan fingerprint density at radius 3 is 2.64 bits per heavy atom. The van der Waals surface area contributed by atoms with Crippen LogP contribution < -0.4 is 10.9 Å². The van der Waals surface area contributed by atoms with E-state index in [1.165, 1.54) is 17.8 Å². The van der Waals surface area contributed by atoms with E-state index in [4.69, 9.17) is 16.0 Å². The van der Waals surface area contributed by atoms with E-state index >= 15 is 0 Å². The lowest BCUT2D eigenvalue weighted by molar-refractivity contribution is -0.119. The number of hydrogen-bond acceptors (Lipinski definition) is 7. The summed E-state index contributed by atoms with van der Waals surface area (Å²) >= 11 is 6.26. The van der Waals surface area contributed by atoms with Gasteiger partial charge in [-0.3, -0.25) is 9.78 Å². The van der Waals surface area contributed by atoms with Crippen molar-refractivity contribution in [3.8, 4) is 28.3 Å². The molecule has 0 spiro atoms. The van der Waals surface area contributed by atoms with Crippen molar-refractivity contribution in [2.45, 2.75) is 51.7 Å². The maximum atomic E-state index is 14.6. The van der Waals surface area contributed by atoms with Gasteiger partial charge in [0.15, 0.2) is 6.30 Å². The van der Waals surface area contributed by atoms with E-state index in [0.717, 1.165) is 10.9 Å². The minimum Gasteiger partial charge on any atom is -0.422 e. The monoisotopic (exact) mass is 637 g/mol. The molecule has 0 aliphatic carbocycles. The summed E-state index contributed by atoms with van der Waals surface area (Å²) in [7, 11) is 0. The molecule has 1 aliphatic rings. The Bertz CT molecular complexity index is 1940. The summed E-state index contributed by atoms with van der Waals surface area (Å²) in [6.07, 6.45) is 1.39. The summed E-state index contributed by atoms with van der Waals surface area (Å²) in [5.41, 5.74) is 1.74. The van der Waals surface area contributed by atoms with Crippen LogP contribution in [0.4, 0.5) is 18.9 Å². The number of alkyl halides is 3. The SMILES string of the molecule is CC1CCCC(c2ccc(-c3cc(Cl)ccc3-n3cc(C(F)F)nn3)oc2=O)c2cc(ccn2)-c2c(cnn2C(C)F)NC1=O. The Kier molecular flexibility index (Phi) is 8.28. The van der Waals surface area contributed by atoms with Gasteiger partial charge in [0.25, 0.3) is 6.43 Å². The molecule has 1 amide bonds. The molecule has 3 unspecified atom stereocenters. The normalized spacial score (nSPS) is 17.7. The number of aromatic nitrogens is 6. The Labute approximate surface area is 259 Å². The lowest BCUT2D eigenvalue weighted by Gasteiger charge is -2.20. The average molecular weight is 638 g/mol. The standard InChI is InChI=1S/C31H27ClF3N7O3/c1-16-4-3-5-20(23-12-18(10-11-36-23)28-24(38-30(16)43)14-37-42(28)17(2)33)21-7-9-27(45-31(21)44)22-13-19(32)6-8-26(22)41-15-25(29(34)35)39-40-41/h6-17,20,29H,3-5H2,1-2H3,(H,38,43). The van der Waals surface area contributed by atoms with Crippen molar-refractivity contribution >= 4 is 23.2 Å². The highest BCUT2D eigenvalue weighted by atomic mass is 35.5. The maximum absolute atomic E-state index is 14.6. The summed E-state index contributed by atoms with van der Waals surface area (Å²) in [5.74, 6) is -0.961. The fourth-order valence-corrected chi connectivity index (χ4v) is 5.68. The van der Waals surface area contributed by atoms with Crippen LogP contribution in [0.2, 0.25) is 5.02 Å². The zero-order valence-corrected chi connectivity index (χ0v) is 24.9. The molecule has 5 heterocycles. The van der Waals surface area contributed by atoms with Crippen molar-refractivity contribution in [3.63, 3.8) is 0 Å². The molecule has 1 aromatic carbocycles. The number of anilines is 1. The van der Waals surface area contributed by atoms with Crippen LogP contribution in [0, 0.1) is 5.92 Å². The topological polar surface area (TPSA) is 121 Å². The molecule has 1 N–H and O–H groups in total. The molecule has 0 radical (unpaired) electrons. The van der Waals surface area contributed by atoms with E-state index in [9.17, 15) is 22.8 Å². The second-order valence-electron chi connectivity index (χ2n) is 10.9. The van der Waals surface area contributed by atoms with Gasteiger partial charge in [0.05, 0.1) is 29.5 Å². The smallest absolute Gasteiger partial charge is 0.340 e. The summed E-state index contributed by atoms with van der Waals surface area (Å²) in [6, 6.07) is 11.3. The number of rotatable bonds is 5. The van der Waals surface area contributed by atoms with E-state index in [-0.39, 0.29) is 17.6 Å². The molecule has 0 saturated heterocycles. The number of carbonyl (C=O) groups is 1. The largest absolute Gasteiger partial charge is 0.422 e. The predicted molar refractivity (Wildman–Crippen MR) is 160 cm³/mol. The minimum absolute atomic E-state index is 0.140. The molecular weight excluding hydrogens is 611 g/mol. The molecule has 4 aromatic heterocycles. The predicted octanol–water partition coefficient (Wildman–Crippen LogP) is 7.12. The van der Waals surface area contributed by atoms with Gasteiger partial charge in [-0.2, -0.15) is 5.10 Å². The molecule has 232 valence electrons. The van der Waals surface area contributed by atoms with Gasteiger partial charge in [-0.1, -0.05) is 30.2 Å². The number of halogens is 4. The number of nitrogens with zero attached hydrogens (tertiary/aromatic N) is 6. The highest BCUT2D eigenvalue weighted by molar-refractivity contribution is 6.31. The van der Waals surface area contributed by atoms with Gasteiger partial charge in [0, 0.05) is 45.4 Å². The van der Waals surface area contributed by atoms with Crippen LogP contribution in [-0.2, 0) is 4.79 Å². The third-order valence-corrected chi connectivity index (χ3v) is 8.05. The van der Waals surface area contributed by atoms with Crippen LogP contribution in [0.25, 0.3) is 28.3 Å². The highest BCUT2D eigenvalue weighted by Crippen LogP contribution is 2.37. The fourth-order valence-electron chi connectivity index (χ4n) is 5.50. The third kappa shape index (κ3) is 5.99. The fraction of sp³-hybridized carbons (Fsp3) is 0.290. The molecule has 2 bridgehead atoms. The minimum atomic E-state index is -2.81. The summed E-state index contributed by atoms with van der Waals surface area (Å²) < 4.78 is 49.1. The van der Waals surface area contributed by atoms with Crippen molar-refractivity contribution in [3.05, 3.63) is 93.4 Å². The van der Waals surface area contributed by atoms with Crippen LogP contribution in [0.15, 0.2) is 70.3 Å². The zero-order chi connectivity index (χ0) is 31.8. The number of nitrogens with one attached hydrogen (secondary N) is 1. The first-order valence-corrected chi connectivity index (χ1v) is 14.6. The van der Waals surface area contributed by atoms with Crippen LogP contribution >= 0.6 is 11.6 Å². The van der Waals surface area contributed by atoms with Crippen molar-refractivity contribution in [1.29, 1.82) is 0 Å². The molecule has 10 nitrogen and oxygen atoms in total. The Morgan fingerprint density at radius 2 is 1.91 bits per heavy atom. The van der Waals surface area contributed by atoms with Crippen LogP contribution in [0.5, 0.6) is 0 Å². The van der Waals surface area contributed by atoms with Crippen molar-refractivity contribution in [1.82, 2.24) is 29.8 Å². The number of fused-ring (bicyclic) bond motifs is 4. The molecule has 0 saturated carbocycles. The van der Waals surface area contributed by atoms with Crippen molar-refractivity contribution in [2.75, 3.05) is 5.32 Å². The highest BCUT2D eigenvalue weighted by Gasteiger charge is 2.27. The number of amides is 1. The van der Waals surface area contributed by atoms with Gasteiger partial charge in [0.1, 0.15) is 11.5 Å². The molecule has 5 aromatic rings. The molecule has 45 heavy (non-hydrogen) atoms. The first kappa shape index (κ1) is 30.3. The quantitative estimate of drug-likeness (QED) is 0.218. The second kappa shape index (κ2) is 12.3. The molecule has 14 heteroatoms. The lowest BCUT2D eigenvalue weighted by Crippen LogP contribution is -2.22. The van der Waals surface area contributed by atoms with E-state index in [2.05, 4.69) is 25.7 Å². The average Bonchev–Trinajstić information content (AvgIpc) is 3.67. The zero-order valence-electron chi connectivity index (χ0n) is 24.1. The van der Waals surface area contributed by atoms with Crippen LogP contribution in [-0.4, -0.2) is 35.7 Å². The molecule has 3 atom stereocenters. The van der Waals surface area contributed by atoms with Gasteiger partial charge < -0.3 is 9.73 Å². The first-order chi connectivity index (χ1) is 21.6. The van der Waals surface area contributed by atoms with Crippen LogP contribution in [0.3, 0.4) is 0 Å². The maximum Gasteiger partial charge on any atom is 0.340 e. The number of hydrogen-bond donors (Lipinski definition) is 1. The van der Waals surface area contributed by atoms with E-state index < -0.39 is 30.0 Å². The molecule has 1 aliphatic heterocycles. The van der Waals surface area contributed by atoms with E-state index in [1.54, 1.807) is 55.6 Å². The Balaban J connectivity index is 1.43. The lowest BCUT2D eigenvalue weighted by atomic mass is 9.88. The molecule has 6 rings (SSSR count). The molecular formula is C31H27ClF3N7O3.